The fourth-order valence-electron chi connectivity index (χ4n) is 3.81. The topological polar surface area (TPSA) is 3.24 Å². The van der Waals surface area contributed by atoms with Gasteiger partial charge in [0.2, 0.25) is 0 Å². The number of likely N-dealkylation sites (tertiary alicyclic amines) is 1. The van der Waals surface area contributed by atoms with Crippen LogP contribution in [-0.4, -0.2) is 23.5 Å². The van der Waals surface area contributed by atoms with E-state index in [4.69, 9.17) is 0 Å². The summed E-state index contributed by atoms with van der Waals surface area (Å²) < 4.78 is 0. The number of rotatable bonds is 0. The Bertz CT molecular complexity index is 262. The first-order valence-electron chi connectivity index (χ1n) is 6.90. The maximum absolute atomic E-state index is 2.72. The summed E-state index contributed by atoms with van der Waals surface area (Å²) in [5.74, 6) is 0.896. The average molecular weight is 223 g/mol. The second kappa shape index (κ2) is 3.48. The maximum Gasteiger partial charge on any atom is 0.0125 e. The molecule has 1 saturated heterocycles. The minimum Gasteiger partial charge on any atom is -0.298 e. The molecular formula is C15H29N. The highest BCUT2D eigenvalue weighted by Gasteiger charge is 2.55. The summed E-state index contributed by atoms with van der Waals surface area (Å²) in [4.78, 5) is 2.72. The molecule has 1 aliphatic heterocycles. The van der Waals surface area contributed by atoms with Crippen molar-refractivity contribution in [2.75, 3.05) is 13.1 Å². The molecule has 1 heterocycles. The van der Waals surface area contributed by atoms with Crippen molar-refractivity contribution >= 4 is 0 Å². The van der Waals surface area contributed by atoms with Gasteiger partial charge in [-0.1, -0.05) is 27.2 Å². The summed E-state index contributed by atoms with van der Waals surface area (Å²) in [6.07, 6.45) is 4.41. The first kappa shape index (κ1) is 12.4. The first-order valence-corrected chi connectivity index (χ1v) is 6.90. The zero-order valence-electron chi connectivity index (χ0n) is 12.1. The van der Waals surface area contributed by atoms with E-state index in [1.165, 1.54) is 32.4 Å². The smallest absolute Gasteiger partial charge is 0.0125 e. The minimum atomic E-state index is 0.350. The van der Waals surface area contributed by atoms with Gasteiger partial charge in [-0.15, -0.1) is 0 Å². The van der Waals surface area contributed by atoms with Gasteiger partial charge >= 0.3 is 0 Å². The molecular weight excluding hydrogens is 194 g/mol. The maximum atomic E-state index is 2.72. The minimum absolute atomic E-state index is 0.350. The molecule has 16 heavy (non-hydrogen) atoms. The monoisotopic (exact) mass is 223 g/mol. The average Bonchev–Trinajstić information content (AvgIpc) is 2.39. The molecule has 1 unspecified atom stereocenters. The van der Waals surface area contributed by atoms with Crippen LogP contribution in [0.25, 0.3) is 0 Å². The zero-order valence-corrected chi connectivity index (χ0v) is 12.1. The molecule has 0 bridgehead atoms. The SMILES string of the molecule is CC(C)(C)C1CN(C(C)(C)C)CC12CCC2. The van der Waals surface area contributed by atoms with Crippen LogP contribution in [0.2, 0.25) is 0 Å². The highest BCUT2D eigenvalue weighted by molar-refractivity contribution is 5.06. The van der Waals surface area contributed by atoms with Gasteiger partial charge in [0, 0.05) is 18.6 Å². The lowest BCUT2D eigenvalue weighted by Crippen LogP contribution is -2.43. The molecule has 0 N–H and O–H groups in total. The van der Waals surface area contributed by atoms with Gasteiger partial charge < -0.3 is 0 Å². The van der Waals surface area contributed by atoms with Crippen molar-refractivity contribution in [2.45, 2.75) is 66.3 Å². The Morgan fingerprint density at radius 2 is 1.56 bits per heavy atom. The molecule has 94 valence electrons. The van der Waals surface area contributed by atoms with Crippen LogP contribution in [0.3, 0.4) is 0 Å². The van der Waals surface area contributed by atoms with Crippen LogP contribution in [0, 0.1) is 16.7 Å². The van der Waals surface area contributed by atoms with Crippen LogP contribution in [0.1, 0.15) is 60.8 Å². The van der Waals surface area contributed by atoms with Crippen LogP contribution >= 0.6 is 0 Å². The van der Waals surface area contributed by atoms with Crippen molar-refractivity contribution in [3.63, 3.8) is 0 Å². The Morgan fingerprint density at radius 3 is 1.81 bits per heavy atom. The predicted molar refractivity (Wildman–Crippen MR) is 70.6 cm³/mol. The lowest BCUT2D eigenvalue weighted by molar-refractivity contribution is 0.0272. The normalized spacial score (nSPS) is 30.8. The summed E-state index contributed by atoms with van der Waals surface area (Å²) in [6.45, 7) is 17.1. The number of hydrogen-bond donors (Lipinski definition) is 0. The summed E-state index contributed by atoms with van der Waals surface area (Å²) >= 11 is 0. The van der Waals surface area contributed by atoms with E-state index in [1.807, 2.05) is 0 Å². The van der Waals surface area contributed by atoms with Crippen LogP contribution in [0.5, 0.6) is 0 Å². The van der Waals surface area contributed by atoms with Crippen LogP contribution in [-0.2, 0) is 0 Å². The van der Waals surface area contributed by atoms with Crippen LogP contribution < -0.4 is 0 Å². The van der Waals surface area contributed by atoms with E-state index in [-0.39, 0.29) is 0 Å². The van der Waals surface area contributed by atoms with Crippen molar-refractivity contribution in [2.24, 2.45) is 16.7 Å². The van der Waals surface area contributed by atoms with Crippen LogP contribution in [0.4, 0.5) is 0 Å². The number of hydrogen-bond acceptors (Lipinski definition) is 1. The third kappa shape index (κ3) is 1.92. The second-order valence-corrected chi connectivity index (χ2v) is 8.19. The fraction of sp³-hybridized carbons (Fsp3) is 1.00. The zero-order chi connectivity index (χ0) is 12.2. The van der Waals surface area contributed by atoms with Gasteiger partial charge in [-0.3, -0.25) is 4.90 Å². The highest BCUT2D eigenvalue weighted by atomic mass is 15.2. The molecule has 0 aromatic heterocycles. The lowest BCUT2D eigenvalue weighted by Gasteiger charge is -2.48. The standard InChI is InChI=1S/C15H29N/c1-13(2,3)12-10-16(14(4,5)6)11-15(12)8-7-9-15/h12H,7-11H2,1-6H3. The van der Waals surface area contributed by atoms with E-state index < -0.39 is 0 Å². The summed E-state index contributed by atoms with van der Waals surface area (Å²) in [5, 5.41) is 0. The summed E-state index contributed by atoms with van der Waals surface area (Å²) in [6, 6.07) is 0. The Balaban J connectivity index is 2.19. The molecule has 0 aromatic rings. The molecule has 1 nitrogen and oxygen atoms in total. The number of nitrogens with zero attached hydrogens (tertiary/aromatic N) is 1. The molecule has 0 aromatic carbocycles. The van der Waals surface area contributed by atoms with Gasteiger partial charge in [-0.25, -0.2) is 0 Å². The Kier molecular flexibility index (Phi) is 2.70. The van der Waals surface area contributed by atoms with E-state index in [0.29, 0.717) is 16.4 Å². The Morgan fingerprint density at radius 1 is 1.00 bits per heavy atom. The van der Waals surface area contributed by atoms with Crippen molar-refractivity contribution in [3.8, 4) is 0 Å². The summed E-state index contributed by atoms with van der Waals surface area (Å²) in [5.41, 5.74) is 1.49. The predicted octanol–water partition coefficient (Wildman–Crippen LogP) is 3.93. The Labute approximate surface area is 102 Å². The highest BCUT2D eigenvalue weighted by Crippen LogP contribution is 2.57. The fourth-order valence-corrected chi connectivity index (χ4v) is 3.81. The molecule has 2 fully saturated rings. The Hall–Kier alpha value is -0.0400. The quantitative estimate of drug-likeness (QED) is 0.601. The summed E-state index contributed by atoms with van der Waals surface area (Å²) in [7, 11) is 0. The largest absolute Gasteiger partial charge is 0.298 e. The lowest BCUT2D eigenvalue weighted by atomic mass is 9.56. The molecule has 1 spiro atoms. The molecule has 0 amide bonds. The van der Waals surface area contributed by atoms with Gasteiger partial charge in [0.05, 0.1) is 0 Å². The van der Waals surface area contributed by atoms with Gasteiger partial charge in [0.15, 0.2) is 0 Å². The van der Waals surface area contributed by atoms with Crippen molar-refractivity contribution in [3.05, 3.63) is 0 Å². The third-order valence-corrected chi connectivity index (χ3v) is 4.99. The molecule has 0 radical (unpaired) electrons. The molecule has 1 saturated carbocycles. The van der Waals surface area contributed by atoms with Gasteiger partial charge in [0.25, 0.3) is 0 Å². The van der Waals surface area contributed by atoms with Crippen molar-refractivity contribution < 1.29 is 0 Å². The molecule has 1 aliphatic carbocycles. The third-order valence-electron chi connectivity index (χ3n) is 4.99. The molecule has 2 aliphatic rings. The van der Waals surface area contributed by atoms with E-state index in [9.17, 15) is 0 Å². The van der Waals surface area contributed by atoms with Crippen molar-refractivity contribution in [1.82, 2.24) is 4.90 Å². The van der Waals surface area contributed by atoms with Gasteiger partial charge in [0.1, 0.15) is 0 Å². The first-order chi connectivity index (χ1) is 7.15. The molecule has 1 atom stereocenters. The van der Waals surface area contributed by atoms with Crippen molar-refractivity contribution in [1.29, 1.82) is 0 Å². The molecule has 2 rings (SSSR count). The van der Waals surface area contributed by atoms with Crippen LogP contribution in [0.15, 0.2) is 0 Å². The van der Waals surface area contributed by atoms with E-state index >= 15 is 0 Å². The molecule has 1 heteroatoms. The van der Waals surface area contributed by atoms with E-state index in [1.54, 1.807) is 0 Å². The second-order valence-electron chi connectivity index (χ2n) is 8.19. The van der Waals surface area contributed by atoms with E-state index in [2.05, 4.69) is 46.4 Å². The van der Waals surface area contributed by atoms with Gasteiger partial charge in [-0.05, 0) is 50.4 Å². The van der Waals surface area contributed by atoms with Gasteiger partial charge in [-0.2, -0.15) is 0 Å². The van der Waals surface area contributed by atoms with E-state index in [0.717, 1.165) is 5.92 Å².